The first kappa shape index (κ1) is 13.3. The van der Waals surface area contributed by atoms with Crippen molar-refractivity contribution in [3.8, 4) is 0 Å². The summed E-state index contributed by atoms with van der Waals surface area (Å²) in [5.74, 6) is 0.721. The van der Waals surface area contributed by atoms with Crippen LogP contribution >= 0.6 is 0 Å². The van der Waals surface area contributed by atoms with Crippen molar-refractivity contribution in [1.29, 1.82) is 0 Å². The molecule has 2 aliphatic heterocycles. The van der Waals surface area contributed by atoms with Gasteiger partial charge in [0.15, 0.2) is 0 Å². The van der Waals surface area contributed by atoms with Gasteiger partial charge in [-0.05, 0) is 45.8 Å². The van der Waals surface area contributed by atoms with Crippen LogP contribution in [-0.2, 0) is 0 Å². The highest BCUT2D eigenvalue weighted by Crippen LogP contribution is 2.28. The van der Waals surface area contributed by atoms with Crippen LogP contribution in [0.15, 0.2) is 0 Å². The van der Waals surface area contributed by atoms with Crippen molar-refractivity contribution >= 4 is 0 Å². The number of rotatable bonds is 4. The molecule has 3 nitrogen and oxygen atoms in total. The number of nitrogens with one attached hydrogen (secondary N) is 1. The van der Waals surface area contributed by atoms with Gasteiger partial charge in [-0.25, -0.2) is 0 Å². The Kier molecular flexibility index (Phi) is 4.45. The molecule has 0 spiro atoms. The largest absolute Gasteiger partial charge is 0.315 e. The highest BCUT2D eigenvalue weighted by atomic mass is 15.3. The van der Waals surface area contributed by atoms with Crippen LogP contribution in [-0.4, -0.2) is 61.7 Å². The molecule has 0 aromatic heterocycles. The average Bonchev–Trinajstić information content (AvgIpc) is 2.52. The van der Waals surface area contributed by atoms with E-state index in [9.17, 15) is 0 Å². The molecule has 100 valence electrons. The van der Waals surface area contributed by atoms with Gasteiger partial charge in [-0.15, -0.1) is 0 Å². The zero-order valence-corrected chi connectivity index (χ0v) is 11.9. The monoisotopic (exact) mass is 239 g/mol. The molecule has 2 heterocycles. The second-order valence-electron chi connectivity index (χ2n) is 6.24. The van der Waals surface area contributed by atoms with Gasteiger partial charge in [0.05, 0.1) is 0 Å². The maximum atomic E-state index is 3.47. The van der Waals surface area contributed by atoms with Crippen molar-refractivity contribution in [2.75, 3.05) is 33.7 Å². The molecule has 2 rings (SSSR count). The van der Waals surface area contributed by atoms with Crippen molar-refractivity contribution in [3.63, 3.8) is 0 Å². The lowest BCUT2D eigenvalue weighted by Crippen LogP contribution is -2.45. The number of hydrogen-bond acceptors (Lipinski definition) is 3. The average molecular weight is 239 g/mol. The minimum atomic E-state index is 0.636. The second kappa shape index (κ2) is 5.68. The molecule has 2 fully saturated rings. The molecule has 2 aliphatic rings. The number of likely N-dealkylation sites (tertiary alicyclic amines) is 1. The summed E-state index contributed by atoms with van der Waals surface area (Å²) in [6.45, 7) is 8.41. The van der Waals surface area contributed by atoms with Crippen LogP contribution in [0.2, 0.25) is 0 Å². The predicted octanol–water partition coefficient (Wildman–Crippen LogP) is 1.40. The molecule has 3 unspecified atom stereocenters. The molecular weight excluding hydrogens is 210 g/mol. The fourth-order valence-electron chi connectivity index (χ4n) is 3.46. The van der Waals surface area contributed by atoms with E-state index in [1.165, 1.54) is 38.9 Å². The normalized spacial score (nSPS) is 33.0. The Hall–Kier alpha value is -0.120. The molecule has 0 aliphatic carbocycles. The summed E-state index contributed by atoms with van der Waals surface area (Å²) in [5.41, 5.74) is 0. The fraction of sp³-hybridized carbons (Fsp3) is 1.00. The number of likely N-dealkylation sites (N-methyl/N-ethyl adjacent to an activating group) is 2. The predicted molar refractivity (Wildman–Crippen MR) is 73.3 cm³/mol. The number of fused-ring (bicyclic) bond motifs is 2. The Morgan fingerprint density at radius 2 is 1.88 bits per heavy atom. The Morgan fingerprint density at radius 1 is 1.18 bits per heavy atom. The molecule has 3 heteroatoms. The van der Waals surface area contributed by atoms with Gasteiger partial charge in [0.2, 0.25) is 0 Å². The topological polar surface area (TPSA) is 18.5 Å². The Balaban J connectivity index is 1.90. The van der Waals surface area contributed by atoms with E-state index in [2.05, 4.69) is 43.1 Å². The van der Waals surface area contributed by atoms with Gasteiger partial charge in [0.25, 0.3) is 0 Å². The van der Waals surface area contributed by atoms with Crippen molar-refractivity contribution < 1.29 is 0 Å². The third-order valence-electron chi connectivity index (χ3n) is 4.86. The lowest BCUT2D eigenvalue weighted by molar-refractivity contribution is 0.194. The third-order valence-corrected chi connectivity index (χ3v) is 4.86. The standard InChI is InChI=1S/C14H29N3/c1-11(2)14(15-3)10-17-8-7-12-5-6-13(9-17)16(12)4/h11-15H,5-10H2,1-4H3. The van der Waals surface area contributed by atoms with E-state index in [1.807, 2.05) is 0 Å². The molecule has 0 amide bonds. The highest BCUT2D eigenvalue weighted by molar-refractivity contribution is 4.91. The third kappa shape index (κ3) is 3.01. The van der Waals surface area contributed by atoms with E-state index < -0.39 is 0 Å². The van der Waals surface area contributed by atoms with Crippen molar-refractivity contribution in [2.45, 2.75) is 51.2 Å². The summed E-state index contributed by atoms with van der Waals surface area (Å²) in [6.07, 6.45) is 4.19. The first-order valence-electron chi connectivity index (χ1n) is 7.23. The second-order valence-corrected chi connectivity index (χ2v) is 6.24. The van der Waals surface area contributed by atoms with E-state index in [4.69, 9.17) is 0 Å². The van der Waals surface area contributed by atoms with Gasteiger partial charge in [-0.1, -0.05) is 13.8 Å². The van der Waals surface area contributed by atoms with E-state index in [0.717, 1.165) is 18.0 Å². The van der Waals surface area contributed by atoms with E-state index in [1.54, 1.807) is 0 Å². The molecule has 0 aromatic rings. The van der Waals surface area contributed by atoms with Crippen LogP contribution in [0.1, 0.15) is 33.1 Å². The van der Waals surface area contributed by atoms with E-state index in [-0.39, 0.29) is 0 Å². The SMILES string of the molecule is CNC(CN1CCC2CCC(C1)N2C)C(C)C. The maximum Gasteiger partial charge on any atom is 0.0223 e. The van der Waals surface area contributed by atoms with Gasteiger partial charge in [0.1, 0.15) is 0 Å². The molecule has 0 radical (unpaired) electrons. The molecule has 3 atom stereocenters. The van der Waals surface area contributed by atoms with Crippen LogP contribution < -0.4 is 5.32 Å². The highest BCUT2D eigenvalue weighted by Gasteiger charge is 2.35. The minimum Gasteiger partial charge on any atom is -0.315 e. The molecule has 17 heavy (non-hydrogen) atoms. The van der Waals surface area contributed by atoms with Gasteiger partial charge in [0, 0.05) is 31.2 Å². The molecule has 0 saturated carbocycles. The first-order valence-corrected chi connectivity index (χ1v) is 7.23. The zero-order valence-electron chi connectivity index (χ0n) is 11.9. The summed E-state index contributed by atoms with van der Waals surface area (Å²) < 4.78 is 0. The lowest BCUT2D eigenvalue weighted by atomic mass is 10.0. The van der Waals surface area contributed by atoms with Crippen LogP contribution in [0.3, 0.4) is 0 Å². The summed E-state index contributed by atoms with van der Waals surface area (Å²) >= 11 is 0. The molecule has 2 saturated heterocycles. The minimum absolute atomic E-state index is 0.636. The van der Waals surface area contributed by atoms with Crippen LogP contribution in [0, 0.1) is 5.92 Å². The fourth-order valence-corrected chi connectivity index (χ4v) is 3.46. The van der Waals surface area contributed by atoms with E-state index in [0.29, 0.717) is 6.04 Å². The summed E-state index contributed by atoms with van der Waals surface area (Å²) in [4.78, 5) is 5.31. The van der Waals surface area contributed by atoms with Crippen LogP contribution in [0.4, 0.5) is 0 Å². The van der Waals surface area contributed by atoms with Gasteiger partial charge in [-0.3, -0.25) is 4.90 Å². The quantitative estimate of drug-likeness (QED) is 0.800. The van der Waals surface area contributed by atoms with Crippen LogP contribution in [0.5, 0.6) is 0 Å². The first-order chi connectivity index (χ1) is 8.11. The van der Waals surface area contributed by atoms with Crippen molar-refractivity contribution in [3.05, 3.63) is 0 Å². The van der Waals surface area contributed by atoms with Gasteiger partial charge >= 0.3 is 0 Å². The molecule has 2 bridgehead atoms. The smallest absolute Gasteiger partial charge is 0.0223 e. The lowest BCUT2D eigenvalue weighted by Gasteiger charge is -2.31. The van der Waals surface area contributed by atoms with Crippen molar-refractivity contribution in [1.82, 2.24) is 15.1 Å². The van der Waals surface area contributed by atoms with Gasteiger partial charge < -0.3 is 10.2 Å². The molecule has 0 aromatic carbocycles. The summed E-state index contributed by atoms with van der Waals surface area (Å²) in [7, 11) is 4.42. The number of hydrogen-bond donors (Lipinski definition) is 1. The van der Waals surface area contributed by atoms with Crippen molar-refractivity contribution in [2.24, 2.45) is 5.92 Å². The number of nitrogens with zero attached hydrogens (tertiary/aromatic N) is 2. The van der Waals surface area contributed by atoms with Crippen LogP contribution in [0.25, 0.3) is 0 Å². The Labute approximate surface area is 107 Å². The van der Waals surface area contributed by atoms with Gasteiger partial charge in [-0.2, -0.15) is 0 Å². The van der Waals surface area contributed by atoms with E-state index >= 15 is 0 Å². The molecule has 1 N–H and O–H groups in total. The summed E-state index contributed by atoms with van der Waals surface area (Å²) in [5, 5.41) is 3.47. The Morgan fingerprint density at radius 3 is 2.53 bits per heavy atom. The maximum absolute atomic E-state index is 3.47. The zero-order chi connectivity index (χ0) is 12.4. The summed E-state index contributed by atoms with van der Waals surface area (Å²) in [6, 6.07) is 2.31. The molecular formula is C14H29N3. The Bertz CT molecular complexity index is 242.